The molecule has 1 fully saturated rings. The van der Waals surface area contributed by atoms with Crippen LogP contribution in [0.25, 0.3) is 0 Å². The summed E-state index contributed by atoms with van der Waals surface area (Å²) in [6.07, 6.45) is 0. The number of nitrogens with two attached hydrogens (primary N) is 1. The van der Waals surface area contributed by atoms with Crippen LogP contribution in [0.4, 0.5) is 11.4 Å². The normalized spacial score (nSPS) is 24.1. The molecule has 18 heavy (non-hydrogen) atoms. The van der Waals surface area contributed by atoms with Gasteiger partial charge in [-0.3, -0.25) is 4.79 Å². The van der Waals surface area contributed by atoms with Crippen molar-refractivity contribution < 1.29 is 4.79 Å². The highest BCUT2D eigenvalue weighted by Gasteiger charge is 2.25. The fourth-order valence-electron chi connectivity index (χ4n) is 2.33. The molecule has 2 unspecified atom stereocenters. The van der Waals surface area contributed by atoms with Gasteiger partial charge in [-0.15, -0.1) is 0 Å². The molecule has 1 aromatic carbocycles. The number of hydrogen-bond donors (Lipinski definition) is 1. The molecule has 0 aromatic heterocycles. The second kappa shape index (κ2) is 5.22. The predicted octanol–water partition coefficient (Wildman–Crippen LogP) is 2.80. The van der Waals surface area contributed by atoms with Gasteiger partial charge in [0.2, 0.25) is 0 Å². The summed E-state index contributed by atoms with van der Waals surface area (Å²) < 4.78 is 0. The van der Waals surface area contributed by atoms with Crippen LogP contribution >= 0.6 is 11.8 Å². The Hall–Kier alpha value is -1.16. The van der Waals surface area contributed by atoms with Crippen LogP contribution < -0.4 is 10.6 Å². The SMILES string of the molecule is CC(=O)c1cc(N2CCSC(C)C2C)ccc1N. The van der Waals surface area contributed by atoms with E-state index in [9.17, 15) is 4.79 Å². The van der Waals surface area contributed by atoms with Gasteiger partial charge in [0.25, 0.3) is 0 Å². The van der Waals surface area contributed by atoms with Crippen molar-refractivity contribution in [3.05, 3.63) is 23.8 Å². The Morgan fingerprint density at radius 1 is 1.44 bits per heavy atom. The predicted molar refractivity (Wildman–Crippen MR) is 79.6 cm³/mol. The van der Waals surface area contributed by atoms with Crippen molar-refractivity contribution in [3.8, 4) is 0 Å². The molecule has 0 spiro atoms. The van der Waals surface area contributed by atoms with E-state index in [0.29, 0.717) is 22.5 Å². The molecule has 3 nitrogen and oxygen atoms in total. The molecular weight excluding hydrogens is 244 g/mol. The maximum absolute atomic E-state index is 11.5. The van der Waals surface area contributed by atoms with Gasteiger partial charge in [-0.1, -0.05) is 6.92 Å². The van der Waals surface area contributed by atoms with E-state index >= 15 is 0 Å². The first-order chi connectivity index (χ1) is 8.50. The number of benzene rings is 1. The lowest BCUT2D eigenvalue weighted by Gasteiger charge is -2.39. The van der Waals surface area contributed by atoms with Gasteiger partial charge < -0.3 is 10.6 Å². The van der Waals surface area contributed by atoms with Crippen LogP contribution in [0.3, 0.4) is 0 Å². The number of rotatable bonds is 2. The lowest BCUT2D eigenvalue weighted by atomic mass is 10.1. The number of carbonyl (C=O) groups excluding carboxylic acids is 1. The quantitative estimate of drug-likeness (QED) is 0.659. The Morgan fingerprint density at radius 2 is 2.17 bits per heavy atom. The molecule has 4 heteroatoms. The van der Waals surface area contributed by atoms with E-state index in [1.165, 1.54) is 0 Å². The fraction of sp³-hybridized carbons (Fsp3) is 0.500. The summed E-state index contributed by atoms with van der Waals surface area (Å²) in [6.45, 7) is 7.08. The molecule has 0 aliphatic carbocycles. The molecule has 1 aliphatic rings. The summed E-state index contributed by atoms with van der Waals surface area (Å²) in [4.78, 5) is 13.9. The van der Waals surface area contributed by atoms with Gasteiger partial charge in [0.15, 0.2) is 5.78 Å². The van der Waals surface area contributed by atoms with Gasteiger partial charge in [-0.05, 0) is 32.0 Å². The Bertz CT molecular complexity index is 461. The molecule has 0 radical (unpaired) electrons. The average molecular weight is 264 g/mol. The monoisotopic (exact) mass is 264 g/mol. The highest BCUT2D eigenvalue weighted by atomic mass is 32.2. The van der Waals surface area contributed by atoms with Crippen LogP contribution in [0.5, 0.6) is 0 Å². The van der Waals surface area contributed by atoms with Crippen LogP contribution in [0.1, 0.15) is 31.1 Å². The van der Waals surface area contributed by atoms with Crippen molar-refractivity contribution >= 4 is 28.9 Å². The van der Waals surface area contributed by atoms with Crippen LogP contribution in [-0.2, 0) is 0 Å². The number of thioether (sulfide) groups is 1. The third-order valence-electron chi connectivity index (χ3n) is 3.63. The van der Waals surface area contributed by atoms with Crippen molar-refractivity contribution in [3.63, 3.8) is 0 Å². The van der Waals surface area contributed by atoms with Crippen LogP contribution in [0.15, 0.2) is 18.2 Å². The third-order valence-corrected chi connectivity index (χ3v) is 4.97. The summed E-state index contributed by atoms with van der Waals surface area (Å²) >= 11 is 2.00. The minimum atomic E-state index is 0.0291. The van der Waals surface area contributed by atoms with Gasteiger partial charge in [-0.25, -0.2) is 0 Å². The Balaban J connectivity index is 2.33. The number of anilines is 2. The number of Topliss-reactive ketones (excluding diaryl/α,β-unsaturated/α-hetero) is 1. The smallest absolute Gasteiger partial charge is 0.161 e. The minimum Gasteiger partial charge on any atom is -0.398 e. The number of nitrogen functional groups attached to an aromatic ring is 1. The van der Waals surface area contributed by atoms with Crippen LogP contribution in [-0.4, -0.2) is 29.4 Å². The van der Waals surface area contributed by atoms with Crippen molar-refractivity contribution in [1.29, 1.82) is 0 Å². The third kappa shape index (κ3) is 2.48. The van der Waals surface area contributed by atoms with Crippen molar-refractivity contribution in [2.45, 2.75) is 32.1 Å². The second-order valence-corrected chi connectivity index (χ2v) is 6.32. The molecular formula is C14H20N2OS. The van der Waals surface area contributed by atoms with Crippen LogP contribution in [0.2, 0.25) is 0 Å². The van der Waals surface area contributed by atoms with E-state index in [4.69, 9.17) is 5.73 Å². The molecule has 2 N–H and O–H groups in total. The summed E-state index contributed by atoms with van der Waals surface area (Å²) in [7, 11) is 0. The van der Waals surface area contributed by atoms with Crippen molar-refractivity contribution in [1.82, 2.24) is 0 Å². The Kier molecular flexibility index (Phi) is 3.85. The molecule has 0 bridgehead atoms. The van der Waals surface area contributed by atoms with Gasteiger partial charge in [0.05, 0.1) is 0 Å². The van der Waals surface area contributed by atoms with Gasteiger partial charge in [0, 0.05) is 40.5 Å². The zero-order chi connectivity index (χ0) is 13.3. The highest BCUT2D eigenvalue weighted by Crippen LogP contribution is 2.30. The van der Waals surface area contributed by atoms with E-state index in [-0.39, 0.29) is 5.78 Å². The maximum atomic E-state index is 11.5. The zero-order valence-corrected chi connectivity index (χ0v) is 12.0. The van der Waals surface area contributed by atoms with E-state index in [0.717, 1.165) is 18.0 Å². The minimum absolute atomic E-state index is 0.0291. The zero-order valence-electron chi connectivity index (χ0n) is 11.1. The van der Waals surface area contributed by atoms with Crippen LogP contribution in [0, 0.1) is 0 Å². The lowest BCUT2D eigenvalue weighted by molar-refractivity contribution is 0.101. The van der Waals surface area contributed by atoms with Crippen molar-refractivity contribution in [2.24, 2.45) is 0 Å². The molecule has 1 aliphatic heterocycles. The second-order valence-electron chi connectivity index (χ2n) is 4.84. The first-order valence-corrected chi connectivity index (χ1v) is 7.34. The van der Waals surface area contributed by atoms with Gasteiger partial charge in [-0.2, -0.15) is 11.8 Å². The molecule has 2 atom stereocenters. The molecule has 1 saturated heterocycles. The van der Waals surface area contributed by atoms with Gasteiger partial charge >= 0.3 is 0 Å². The topological polar surface area (TPSA) is 46.3 Å². The molecule has 2 rings (SSSR count). The number of nitrogens with zero attached hydrogens (tertiary/aromatic N) is 1. The maximum Gasteiger partial charge on any atom is 0.161 e. The van der Waals surface area contributed by atoms with E-state index in [2.05, 4.69) is 18.7 Å². The molecule has 0 saturated carbocycles. The molecule has 1 heterocycles. The number of carbonyl (C=O) groups is 1. The lowest BCUT2D eigenvalue weighted by Crippen LogP contribution is -2.44. The van der Waals surface area contributed by atoms with Gasteiger partial charge in [0.1, 0.15) is 0 Å². The van der Waals surface area contributed by atoms with E-state index < -0.39 is 0 Å². The first-order valence-electron chi connectivity index (χ1n) is 6.29. The van der Waals surface area contributed by atoms with E-state index in [1.807, 2.05) is 30.0 Å². The summed E-state index contributed by atoms with van der Waals surface area (Å²) in [5.74, 6) is 1.16. The number of hydrogen-bond acceptors (Lipinski definition) is 4. The summed E-state index contributed by atoms with van der Waals surface area (Å²) in [6, 6.07) is 6.26. The largest absolute Gasteiger partial charge is 0.398 e. The Morgan fingerprint density at radius 3 is 2.83 bits per heavy atom. The Labute approximate surface area is 113 Å². The average Bonchev–Trinajstić information content (AvgIpc) is 2.33. The number of ketones is 1. The highest BCUT2D eigenvalue weighted by molar-refractivity contribution is 8.00. The van der Waals surface area contributed by atoms with E-state index in [1.54, 1.807) is 6.92 Å². The summed E-state index contributed by atoms with van der Waals surface area (Å²) in [5, 5.41) is 0.608. The van der Waals surface area contributed by atoms with Crippen molar-refractivity contribution in [2.75, 3.05) is 22.9 Å². The molecule has 98 valence electrons. The molecule has 1 aromatic rings. The standard InChI is InChI=1S/C14H20N2OS/c1-9-11(3)18-7-6-16(9)12-4-5-14(15)13(8-12)10(2)17/h4-5,8-9,11H,6-7,15H2,1-3H3. The fourth-order valence-corrected chi connectivity index (χ4v) is 3.42. The molecule has 0 amide bonds. The first kappa shape index (κ1) is 13.3. The summed E-state index contributed by atoms with van der Waals surface area (Å²) in [5.41, 5.74) is 8.14.